The zero-order chi connectivity index (χ0) is 28.6. The fraction of sp³-hybridized carbons (Fsp3) is 0.323. The van der Waals surface area contributed by atoms with E-state index in [1.165, 1.54) is 24.3 Å². The molecule has 0 spiro atoms. The second kappa shape index (κ2) is 13.1. The number of nitro groups is 1. The fourth-order valence-corrected chi connectivity index (χ4v) is 4.91. The largest absolute Gasteiger partial charge is 0.502 e. The number of unbranched alkanes of at least 4 members (excludes halogenated alkanes) is 1. The van der Waals surface area contributed by atoms with Crippen molar-refractivity contribution in [1.29, 1.82) is 0 Å². The first-order valence-corrected chi connectivity index (χ1v) is 13.4. The summed E-state index contributed by atoms with van der Waals surface area (Å²) in [7, 11) is 0. The summed E-state index contributed by atoms with van der Waals surface area (Å²) in [5.41, 5.74) is 3.63. The molecule has 0 saturated carbocycles. The van der Waals surface area contributed by atoms with E-state index in [0.29, 0.717) is 25.1 Å². The van der Waals surface area contributed by atoms with Crippen LogP contribution in [-0.2, 0) is 22.4 Å². The third-order valence-corrected chi connectivity index (χ3v) is 6.89. The molecule has 0 amide bonds. The molecule has 1 aliphatic heterocycles. The predicted molar refractivity (Wildman–Crippen MR) is 151 cm³/mol. The van der Waals surface area contributed by atoms with Crippen molar-refractivity contribution in [3.05, 3.63) is 105 Å². The number of nitro benzene ring substituents is 1. The summed E-state index contributed by atoms with van der Waals surface area (Å²) in [5.74, 6) is -1.17. The Labute approximate surface area is 232 Å². The van der Waals surface area contributed by atoms with Gasteiger partial charge in [0.15, 0.2) is 0 Å². The number of benzene rings is 3. The number of fused-ring (bicyclic) bond motifs is 1. The van der Waals surface area contributed by atoms with Crippen LogP contribution in [0.4, 0.5) is 15.8 Å². The Morgan fingerprint density at radius 3 is 2.62 bits per heavy atom. The van der Waals surface area contributed by atoms with Crippen LogP contribution in [0.25, 0.3) is 6.08 Å². The molecule has 210 valence electrons. The van der Waals surface area contributed by atoms with Gasteiger partial charge < -0.3 is 19.5 Å². The Morgan fingerprint density at radius 2 is 1.93 bits per heavy atom. The normalized spacial score (nSPS) is 14.9. The number of esters is 1. The summed E-state index contributed by atoms with van der Waals surface area (Å²) >= 11 is 0. The van der Waals surface area contributed by atoms with Gasteiger partial charge in [-0.25, -0.2) is 9.18 Å². The molecule has 3 aromatic rings. The van der Waals surface area contributed by atoms with Crippen LogP contribution in [0.15, 0.2) is 66.4 Å². The minimum Gasteiger partial charge on any atom is -0.502 e. The molecule has 8 nitrogen and oxygen atoms in total. The lowest BCUT2D eigenvalue weighted by atomic mass is 9.87. The second-order valence-electron chi connectivity index (χ2n) is 9.60. The second-order valence-corrected chi connectivity index (χ2v) is 9.60. The molecule has 40 heavy (non-hydrogen) atoms. The number of carbonyl (C=O) groups is 1. The molecule has 9 heteroatoms. The van der Waals surface area contributed by atoms with Gasteiger partial charge in [-0.1, -0.05) is 25.5 Å². The number of halogens is 1. The van der Waals surface area contributed by atoms with Crippen LogP contribution < -0.4 is 9.64 Å². The van der Waals surface area contributed by atoms with E-state index in [9.17, 15) is 24.4 Å². The van der Waals surface area contributed by atoms with Crippen molar-refractivity contribution in [2.24, 2.45) is 0 Å². The average Bonchev–Trinajstić information content (AvgIpc) is 2.94. The molecule has 1 heterocycles. The van der Waals surface area contributed by atoms with Gasteiger partial charge in [0, 0.05) is 24.4 Å². The van der Waals surface area contributed by atoms with E-state index >= 15 is 0 Å². The third-order valence-electron chi connectivity index (χ3n) is 6.89. The number of ether oxygens (including phenoxy) is 2. The molecule has 0 saturated heterocycles. The lowest BCUT2D eigenvalue weighted by molar-refractivity contribution is -0.385. The van der Waals surface area contributed by atoms with Crippen molar-refractivity contribution in [2.45, 2.75) is 45.6 Å². The number of hydrogen-bond acceptors (Lipinski definition) is 7. The van der Waals surface area contributed by atoms with E-state index in [1.807, 2.05) is 12.1 Å². The minimum atomic E-state index is -0.951. The first-order chi connectivity index (χ1) is 19.3. The number of anilines is 1. The van der Waals surface area contributed by atoms with Crippen molar-refractivity contribution in [3.63, 3.8) is 0 Å². The van der Waals surface area contributed by atoms with Crippen LogP contribution in [0.1, 0.15) is 55.0 Å². The highest BCUT2D eigenvalue weighted by molar-refractivity contribution is 5.91. The minimum absolute atomic E-state index is 0.0670. The molecular formula is C31H33FN2O6. The Bertz CT molecular complexity index is 1390. The van der Waals surface area contributed by atoms with E-state index in [-0.39, 0.29) is 29.7 Å². The maximum atomic E-state index is 13.7. The number of hydrogen-bond donors (Lipinski definition) is 1. The van der Waals surface area contributed by atoms with Crippen molar-refractivity contribution < 1.29 is 28.7 Å². The Hall–Kier alpha value is -4.40. The number of rotatable bonds is 11. The molecule has 0 bridgehead atoms. The summed E-state index contributed by atoms with van der Waals surface area (Å²) in [6.45, 7) is 5.11. The van der Waals surface area contributed by atoms with Gasteiger partial charge in [0.25, 0.3) is 5.69 Å². The van der Waals surface area contributed by atoms with Gasteiger partial charge >= 0.3 is 5.97 Å². The van der Waals surface area contributed by atoms with Gasteiger partial charge in [0.1, 0.15) is 11.6 Å². The van der Waals surface area contributed by atoms with Crippen LogP contribution in [-0.4, -0.2) is 35.8 Å². The highest BCUT2D eigenvalue weighted by Crippen LogP contribution is 2.38. The van der Waals surface area contributed by atoms with E-state index in [0.717, 1.165) is 47.9 Å². The monoisotopic (exact) mass is 548 g/mol. The van der Waals surface area contributed by atoms with E-state index in [4.69, 9.17) is 9.47 Å². The lowest BCUT2D eigenvalue weighted by Gasteiger charge is -2.39. The molecule has 1 aliphatic rings. The molecule has 0 aliphatic carbocycles. The molecule has 0 radical (unpaired) electrons. The summed E-state index contributed by atoms with van der Waals surface area (Å²) in [5, 5.41) is 22.0. The van der Waals surface area contributed by atoms with Crippen molar-refractivity contribution in [1.82, 2.24) is 0 Å². The lowest BCUT2D eigenvalue weighted by Crippen LogP contribution is -2.36. The van der Waals surface area contributed by atoms with Crippen LogP contribution in [0, 0.1) is 15.9 Å². The molecule has 1 N–H and O–H groups in total. The van der Waals surface area contributed by atoms with Gasteiger partial charge in [-0.15, -0.1) is 0 Å². The SMILES string of the molecule is CCCCOc1ccc2c(c1)CCN(c1ccc(F)cc1)C2Cc1ccc(/C=C(\O)C(=O)OCC)c([N+](=O)[O-])c1. The van der Waals surface area contributed by atoms with Crippen LogP contribution >= 0.6 is 0 Å². The van der Waals surface area contributed by atoms with Crippen LogP contribution in [0.2, 0.25) is 0 Å². The first-order valence-electron chi connectivity index (χ1n) is 13.4. The Kier molecular flexibility index (Phi) is 9.37. The summed E-state index contributed by atoms with van der Waals surface area (Å²) < 4.78 is 24.4. The van der Waals surface area contributed by atoms with E-state index in [1.54, 1.807) is 25.1 Å². The fourth-order valence-electron chi connectivity index (χ4n) is 4.91. The molecule has 1 unspecified atom stereocenters. The molecule has 1 atom stereocenters. The van der Waals surface area contributed by atoms with Crippen molar-refractivity contribution >= 4 is 23.4 Å². The molecule has 0 aromatic heterocycles. The number of nitrogens with zero attached hydrogens (tertiary/aromatic N) is 2. The highest BCUT2D eigenvalue weighted by atomic mass is 19.1. The molecule has 4 rings (SSSR count). The maximum Gasteiger partial charge on any atom is 0.373 e. The average molecular weight is 549 g/mol. The van der Waals surface area contributed by atoms with Gasteiger partial charge in [0.2, 0.25) is 5.76 Å². The van der Waals surface area contributed by atoms with Gasteiger partial charge in [0.05, 0.1) is 29.7 Å². The van der Waals surface area contributed by atoms with Crippen molar-refractivity contribution in [2.75, 3.05) is 24.7 Å². The van der Waals surface area contributed by atoms with Gasteiger partial charge in [-0.2, -0.15) is 0 Å². The van der Waals surface area contributed by atoms with E-state index in [2.05, 4.69) is 17.9 Å². The third kappa shape index (κ3) is 6.77. The summed E-state index contributed by atoms with van der Waals surface area (Å²) in [4.78, 5) is 25.4. The highest BCUT2D eigenvalue weighted by Gasteiger charge is 2.29. The summed E-state index contributed by atoms with van der Waals surface area (Å²) in [6, 6.07) is 16.9. The van der Waals surface area contributed by atoms with Gasteiger partial charge in [-0.05, 0) is 85.3 Å². The van der Waals surface area contributed by atoms with Gasteiger partial charge in [-0.3, -0.25) is 10.1 Å². The zero-order valence-electron chi connectivity index (χ0n) is 22.6. The molecule has 3 aromatic carbocycles. The summed E-state index contributed by atoms with van der Waals surface area (Å²) in [6.07, 6.45) is 4.27. The number of carbonyl (C=O) groups excluding carboxylic acids is 1. The maximum absolute atomic E-state index is 13.7. The topological polar surface area (TPSA) is 102 Å². The zero-order valence-corrected chi connectivity index (χ0v) is 22.6. The number of aliphatic hydroxyl groups excluding tert-OH is 1. The Morgan fingerprint density at radius 1 is 1.15 bits per heavy atom. The van der Waals surface area contributed by atoms with Crippen LogP contribution in [0.5, 0.6) is 5.75 Å². The smallest absolute Gasteiger partial charge is 0.373 e. The molecular weight excluding hydrogens is 515 g/mol. The van der Waals surface area contributed by atoms with E-state index < -0.39 is 16.7 Å². The first kappa shape index (κ1) is 28.6. The quantitative estimate of drug-likeness (QED) is 0.0708. The Balaban J connectivity index is 1.69. The standard InChI is InChI=1S/C31H33FN2O6/c1-3-5-16-40-26-12-13-27-22(19-26)14-15-33(25-10-8-24(32)9-11-25)29(27)18-21-6-7-23(28(17-21)34(37)38)20-30(35)31(36)39-4-2/h6-13,17,19-20,29,35H,3-5,14-16,18H2,1-2H3/b30-20-. The number of aliphatic hydroxyl groups is 1. The van der Waals surface area contributed by atoms with Crippen LogP contribution in [0.3, 0.4) is 0 Å². The predicted octanol–water partition coefficient (Wildman–Crippen LogP) is 6.72. The molecule has 0 fully saturated rings. The van der Waals surface area contributed by atoms with Crippen molar-refractivity contribution in [3.8, 4) is 5.75 Å².